The molecule has 0 bridgehead atoms. The maximum Gasteiger partial charge on any atom is 0.187 e. The van der Waals surface area contributed by atoms with Crippen molar-refractivity contribution in [2.24, 2.45) is 45.3 Å². The van der Waals surface area contributed by atoms with Gasteiger partial charge in [0.2, 0.25) is 0 Å². The van der Waals surface area contributed by atoms with Gasteiger partial charge < -0.3 is 139 Å². The molecular weight excluding hydrogens is 1170 g/mol. The zero-order valence-electron chi connectivity index (χ0n) is 51.2. The molecule has 2 saturated carbocycles. The Morgan fingerprint density at radius 1 is 0.523 bits per heavy atom. The molecular formula is C60H100O28. The van der Waals surface area contributed by atoms with Crippen molar-refractivity contribution in [3.63, 3.8) is 0 Å². The Hall–Kier alpha value is -1.64. The third-order valence-corrected chi connectivity index (χ3v) is 22.2. The molecule has 88 heavy (non-hydrogen) atoms. The summed E-state index contributed by atoms with van der Waals surface area (Å²) in [5.41, 5.74) is -1.76. The van der Waals surface area contributed by atoms with Crippen LogP contribution >= 0.6 is 0 Å². The monoisotopic (exact) mass is 1270 g/mol. The van der Waals surface area contributed by atoms with Gasteiger partial charge >= 0.3 is 0 Å². The maximum atomic E-state index is 11.8. The van der Waals surface area contributed by atoms with E-state index in [0.29, 0.717) is 12.8 Å². The van der Waals surface area contributed by atoms with Crippen LogP contribution < -0.4 is 0 Å². The minimum Gasteiger partial charge on any atom is -0.394 e. The van der Waals surface area contributed by atoms with Crippen molar-refractivity contribution in [3.8, 4) is 0 Å². The van der Waals surface area contributed by atoms with E-state index in [1.165, 1.54) is 19.4 Å². The number of hydrogen-bond acceptors (Lipinski definition) is 28. The van der Waals surface area contributed by atoms with E-state index in [0.717, 1.165) is 25.7 Å². The Labute approximate surface area is 511 Å². The SMILES string of the molecule is C[C@H](CC[C@@H](O[C@@H]1O[C@H](CO[C@@H]2O[C@H](CO)[C@@H](O)[C@H](O)[C@H]2O)[C@@H](O)[C@H](O)[C@H]1O[C@H]1O[C@@H](CO)[C@H](O)[C@@H](O)[C@@H]1O)C(C)(C)O)C1CC[C@@]2(C)C3CC=C4C(CC[C@H](O[C@@H]5O[C@H](CO[C@@H]6O[C@H](CO)[C@@H](O)[C@H](O)[C@H]6O)[C@@H](O)[C@H](O)[C@H]5O)C4(C)C)[C@]3(C)C=C[C@]12C. The number of ether oxygens (including phenoxy) is 10. The van der Waals surface area contributed by atoms with Gasteiger partial charge in [0.05, 0.1) is 50.8 Å². The summed E-state index contributed by atoms with van der Waals surface area (Å²) in [7, 11) is 0. The Kier molecular flexibility index (Phi) is 21.9. The van der Waals surface area contributed by atoms with E-state index in [-0.39, 0.29) is 46.3 Å². The second-order valence-electron chi connectivity index (χ2n) is 28.2. The smallest absolute Gasteiger partial charge is 0.187 e. The number of aliphatic hydroxyl groups excluding tert-OH is 17. The Balaban J connectivity index is 0.875. The quantitative estimate of drug-likeness (QED) is 0.0510. The molecule has 28 nitrogen and oxygen atoms in total. The van der Waals surface area contributed by atoms with Gasteiger partial charge in [-0.25, -0.2) is 0 Å². The zero-order chi connectivity index (χ0) is 64.7. The summed E-state index contributed by atoms with van der Waals surface area (Å²) in [6.07, 6.45) is -31.2. The summed E-state index contributed by atoms with van der Waals surface area (Å²) in [5.74, 6) is 0.517. The van der Waals surface area contributed by atoms with Gasteiger partial charge in [-0.15, -0.1) is 0 Å². The Morgan fingerprint density at radius 3 is 1.47 bits per heavy atom. The summed E-state index contributed by atoms with van der Waals surface area (Å²) >= 11 is 0. The van der Waals surface area contributed by atoms with Crippen LogP contribution in [0.5, 0.6) is 0 Å². The van der Waals surface area contributed by atoms with Crippen LogP contribution in [0, 0.1) is 45.3 Å². The molecule has 9 rings (SSSR count). The van der Waals surface area contributed by atoms with Gasteiger partial charge in [-0.3, -0.25) is 0 Å². The van der Waals surface area contributed by atoms with Gasteiger partial charge in [0, 0.05) is 5.41 Å². The largest absolute Gasteiger partial charge is 0.394 e. The summed E-state index contributed by atoms with van der Waals surface area (Å²) < 4.78 is 59.4. The molecule has 5 aliphatic heterocycles. The second-order valence-corrected chi connectivity index (χ2v) is 28.2. The lowest BCUT2D eigenvalue weighted by atomic mass is 9.41. The van der Waals surface area contributed by atoms with Crippen LogP contribution in [0.4, 0.5) is 0 Å². The van der Waals surface area contributed by atoms with Gasteiger partial charge in [0.1, 0.15) is 122 Å². The minimum absolute atomic E-state index is 0.0342. The summed E-state index contributed by atoms with van der Waals surface area (Å²) in [4.78, 5) is 0. The van der Waals surface area contributed by atoms with Gasteiger partial charge in [-0.2, -0.15) is 0 Å². The fraction of sp³-hybridized carbons (Fsp3) is 0.933. The molecule has 34 atom stereocenters. The van der Waals surface area contributed by atoms with Gasteiger partial charge in [-0.05, 0) is 98.7 Å². The van der Waals surface area contributed by atoms with E-state index >= 15 is 0 Å². The van der Waals surface area contributed by atoms with Crippen molar-refractivity contribution >= 4 is 0 Å². The first-order valence-electron chi connectivity index (χ1n) is 31.2. The molecule has 508 valence electrons. The van der Waals surface area contributed by atoms with Gasteiger partial charge in [-0.1, -0.05) is 65.3 Å². The lowest BCUT2D eigenvalue weighted by Crippen LogP contribution is -2.65. The lowest BCUT2D eigenvalue weighted by molar-refractivity contribution is -0.380. The predicted octanol–water partition coefficient (Wildman–Crippen LogP) is -4.60. The first-order chi connectivity index (χ1) is 41.2. The Bertz CT molecular complexity index is 2360. The van der Waals surface area contributed by atoms with Gasteiger partial charge in [0.25, 0.3) is 0 Å². The van der Waals surface area contributed by atoms with Crippen LogP contribution in [-0.2, 0) is 47.4 Å². The molecule has 0 spiro atoms. The fourth-order valence-electron chi connectivity index (χ4n) is 16.3. The van der Waals surface area contributed by atoms with Crippen molar-refractivity contribution in [1.29, 1.82) is 0 Å². The average molecular weight is 1270 g/mol. The number of rotatable bonds is 20. The summed E-state index contributed by atoms with van der Waals surface area (Å²) in [5, 5.41) is 192. The van der Waals surface area contributed by atoms with E-state index in [1.54, 1.807) is 0 Å². The van der Waals surface area contributed by atoms with Crippen LogP contribution in [0.3, 0.4) is 0 Å². The van der Waals surface area contributed by atoms with Crippen molar-refractivity contribution < 1.29 is 139 Å². The van der Waals surface area contributed by atoms with Crippen molar-refractivity contribution in [2.75, 3.05) is 33.0 Å². The topological polar surface area (TPSA) is 456 Å². The molecule has 18 N–H and O–H groups in total. The highest BCUT2D eigenvalue weighted by Crippen LogP contribution is 2.73. The maximum absolute atomic E-state index is 11.8. The fourth-order valence-corrected chi connectivity index (χ4v) is 16.3. The van der Waals surface area contributed by atoms with Crippen LogP contribution in [0.15, 0.2) is 23.8 Å². The molecule has 9 aliphatic rings. The highest BCUT2D eigenvalue weighted by molar-refractivity contribution is 5.35. The van der Waals surface area contributed by atoms with Crippen LogP contribution in [0.1, 0.15) is 100 Å². The van der Waals surface area contributed by atoms with Crippen molar-refractivity contribution in [3.05, 3.63) is 23.8 Å². The van der Waals surface area contributed by atoms with Gasteiger partial charge in [0.15, 0.2) is 31.5 Å². The number of hydrogen-bond donors (Lipinski definition) is 18. The molecule has 0 radical (unpaired) electrons. The zero-order valence-corrected chi connectivity index (χ0v) is 51.2. The molecule has 0 amide bonds. The number of fused-ring (bicyclic) bond motifs is 5. The van der Waals surface area contributed by atoms with Crippen molar-refractivity contribution in [2.45, 2.75) is 272 Å². The van der Waals surface area contributed by atoms with Crippen LogP contribution in [-0.4, -0.2) is 296 Å². The summed E-state index contributed by atoms with van der Waals surface area (Å²) in [6.45, 7) is 13.1. The second kappa shape index (κ2) is 27.2. The predicted molar refractivity (Wildman–Crippen MR) is 299 cm³/mol. The standard InChI is InChI=1S/C60H100O28/c1-24(9-13-35(57(4,5)78)87-55-50(88-54-49(77)43(71)38(66)30(21-63)83-54)45(73)40(68)32(85-55)23-80-52-47(75)42(70)37(65)29(20-62)82-52)25-15-16-60(8)33-12-10-26-27(58(33,6)17-18-59(25,60)7)11-14-34(56(26,2)3)86-53-48(76)44(72)39(67)31(84-53)22-79-51-46(74)41(69)36(64)28(19-61)81-51/h10,17-18,24-25,27-55,61-78H,9,11-16,19-23H2,1-8H3/t24-,25?,27?,28-,29-,30+,31-,32-,33?,34+,35-,36-,37-,38+,39-,40-,41+,42+,43-,44+,45+,46-,47-,48-,49+,50-,51-,52-,53+,54-,55+,58+,59-,60+/m1/s1. The summed E-state index contributed by atoms with van der Waals surface area (Å²) in [6, 6.07) is 0. The highest BCUT2D eigenvalue weighted by atomic mass is 16.8. The normalized spacial score (nSPS) is 51.2. The lowest BCUT2D eigenvalue weighted by Gasteiger charge is -2.63. The molecule has 7 fully saturated rings. The Morgan fingerprint density at radius 2 is 0.966 bits per heavy atom. The molecule has 0 aromatic carbocycles. The average Bonchev–Trinajstić information content (AvgIpc) is 1.42. The van der Waals surface area contributed by atoms with Crippen molar-refractivity contribution in [1.82, 2.24) is 0 Å². The molecule has 5 heterocycles. The minimum atomic E-state index is -1.94. The first-order valence-corrected chi connectivity index (χ1v) is 31.2. The molecule has 0 aromatic heterocycles. The van der Waals surface area contributed by atoms with E-state index in [4.69, 9.17) is 47.4 Å². The molecule has 28 heteroatoms. The number of allylic oxidation sites excluding steroid dienone is 3. The molecule has 0 aromatic rings. The molecule has 5 saturated heterocycles. The first kappa shape index (κ1) is 70.7. The highest BCUT2D eigenvalue weighted by Gasteiger charge is 2.66. The molecule has 3 unspecified atom stereocenters. The van der Waals surface area contributed by atoms with Crippen LogP contribution in [0.25, 0.3) is 0 Å². The van der Waals surface area contributed by atoms with E-state index < -0.39 is 210 Å². The van der Waals surface area contributed by atoms with E-state index in [9.17, 15) is 91.9 Å². The van der Waals surface area contributed by atoms with Crippen LogP contribution in [0.2, 0.25) is 0 Å². The van der Waals surface area contributed by atoms with E-state index in [1.807, 2.05) is 0 Å². The third-order valence-electron chi connectivity index (χ3n) is 22.2. The number of aliphatic hydroxyl groups is 18. The third kappa shape index (κ3) is 12.9. The molecule has 4 aliphatic carbocycles. The van der Waals surface area contributed by atoms with E-state index in [2.05, 4.69) is 59.8 Å².